The van der Waals surface area contributed by atoms with Crippen LogP contribution < -0.4 is 5.32 Å². The van der Waals surface area contributed by atoms with Crippen molar-refractivity contribution in [3.63, 3.8) is 0 Å². The standard InChI is InChI=1S/C17H27N3/c1-12(2)16-14-9-10-18-11-15(14)19-17(20-16)13-7-5-3-4-6-8-13/h12-13,18H,3-11H2,1-2H3. The zero-order valence-electron chi connectivity index (χ0n) is 12.9. The molecular formula is C17H27N3. The molecule has 1 aliphatic heterocycles. The fraction of sp³-hybridized carbons (Fsp3) is 0.765. The summed E-state index contributed by atoms with van der Waals surface area (Å²) in [6.45, 7) is 6.53. The van der Waals surface area contributed by atoms with Crippen LogP contribution in [0.5, 0.6) is 0 Å². The number of nitrogens with zero attached hydrogens (tertiary/aromatic N) is 2. The van der Waals surface area contributed by atoms with Crippen molar-refractivity contribution < 1.29 is 0 Å². The van der Waals surface area contributed by atoms with Crippen LogP contribution in [-0.4, -0.2) is 16.5 Å². The average Bonchev–Trinajstić information content (AvgIpc) is 2.75. The number of rotatable bonds is 2. The zero-order valence-corrected chi connectivity index (χ0v) is 12.9. The minimum atomic E-state index is 0.509. The van der Waals surface area contributed by atoms with Gasteiger partial charge in [0.1, 0.15) is 5.82 Å². The minimum absolute atomic E-state index is 0.509. The lowest BCUT2D eigenvalue weighted by Gasteiger charge is -2.24. The first-order valence-corrected chi connectivity index (χ1v) is 8.36. The predicted octanol–water partition coefficient (Wildman–Crippen LogP) is 3.68. The fourth-order valence-corrected chi connectivity index (χ4v) is 3.61. The first-order valence-electron chi connectivity index (χ1n) is 8.36. The van der Waals surface area contributed by atoms with Crippen LogP contribution in [0.25, 0.3) is 0 Å². The topological polar surface area (TPSA) is 37.8 Å². The lowest BCUT2D eigenvalue weighted by atomic mass is 9.94. The van der Waals surface area contributed by atoms with Crippen molar-refractivity contribution in [2.24, 2.45) is 0 Å². The van der Waals surface area contributed by atoms with Crippen molar-refractivity contribution in [3.05, 3.63) is 22.8 Å². The van der Waals surface area contributed by atoms with E-state index in [0.29, 0.717) is 11.8 Å². The summed E-state index contributed by atoms with van der Waals surface area (Å²) in [6.07, 6.45) is 9.13. The highest BCUT2D eigenvalue weighted by molar-refractivity contribution is 5.31. The van der Waals surface area contributed by atoms with Gasteiger partial charge in [-0.2, -0.15) is 0 Å². The van der Waals surface area contributed by atoms with Gasteiger partial charge < -0.3 is 5.32 Å². The van der Waals surface area contributed by atoms with Crippen LogP contribution in [-0.2, 0) is 13.0 Å². The smallest absolute Gasteiger partial charge is 0.132 e. The number of hydrogen-bond acceptors (Lipinski definition) is 3. The summed E-state index contributed by atoms with van der Waals surface area (Å²) in [7, 11) is 0. The first kappa shape index (κ1) is 14.0. The van der Waals surface area contributed by atoms with Gasteiger partial charge in [0, 0.05) is 12.5 Å². The van der Waals surface area contributed by atoms with Gasteiger partial charge in [-0.25, -0.2) is 9.97 Å². The Morgan fingerprint density at radius 1 is 1.05 bits per heavy atom. The molecule has 0 spiro atoms. The van der Waals surface area contributed by atoms with Gasteiger partial charge in [0.2, 0.25) is 0 Å². The number of aromatic nitrogens is 2. The third kappa shape index (κ3) is 2.88. The molecule has 3 rings (SSSR count). The molecule has 1 aromatic heterocycles. The van der Waals surface area contributed by atoms with E-state index in [0.717, 1.165) is 25.3 Å². The first-order chi connectivity index (χ1) is 9.75. The molecule has 1 aliphatic carbocycles. The summed E-state index contributed by atoms with van der Waals surface area (Å²) in [5.74, 6) is 2.25. The van der Waals surface area contributed by atoms with Gasteiger partial charge in [0.25, 0.3) is 0 Å². The average molecular weight is 273 g/mol. The molecule has 0 radical (unpaired) electrons. The molecule has 2 aliphatic rings. The molecule has 0 saturated heterocycles. The van der Waals surface area contributed by atoms with E-state index in [2.05, 4.69) is 19.2 Å². The van der Waals surface area contributed by atoms with Crippen LogP contribution in [0.3, 0.4) is 0 Å². The van der Waals surface area contributed by atoms with Crippen LogP contribution in [0.4, 0.5) is 0 Å². The third-order valence-electron chi connectivity index (χ3n) is 4.75. The summed E-state index contributed by atoms with van der Waals surface area (Å²) in [6, 6.07) is 0. The molecule has 1 fully saturated rings. The fourth-order valence-electron chi connectivity index (χ4n) is 3.61. The molecule has 0 amide bonds. The van der Waals surface area contributed by atoms with Crippen LogP contribution in [0.1, 0.15) is 87.0 Å². The maximum absolute atomic E-state index is 5.01. The summed E-state index contributed by atoms with van der Waals surface area (Å²) >= 11 is 0. The van der Waals surface area contributed by atoms with Gasteiger partial charge in [-0.05, 0) is 37.3 Å². The highest BCUT2D eigenvalue weighted by atomic mass is 15.0. The zero-order chi connectivity index (χ0) is 13.9. The molecule has 20 heavy (non-hydrogen) atoms. The lowest BCUT2D eigenvalue weighted by Crippen LogP contribution is -2.28. The van der Waals surface area contributed by atoms with Crippen molar-refractivity contribution >= 4 is 0 Å². The van der Waals surface area contributed by atoms with E-state index in [1.165, 1.54) is 55.5 Å². The maximum Gasteiger partial charge on any atom is 0.132 e. The summed E-state index contributed by atoms with van der Waals surface area (Å²) in [5.41, 5.74) is 4.01. The molecule has 0 aromatic carbocycles. The van der Waals surface area contributed by atoms with Gasteiger partial charge >= 0.3 is 0 Å². The summed E-state index contributed by atoms with van der Waals surface area (Å²) < 4.78 is 0. The largest absolute Gasteiger partial charge is 0.311 e. The van der Waals surface area contributed by atoms with E-state index in [-0.39, 0.29) is 0 Å². The minimum Gasteiger partial charge on any atom is -0.311 e. The van der Waals surface area contributed by atoms with Crippen LogP contribution in [0.2, 0.25) is 0 Å². The predicted molar refractivity (Wildman–Crippen MR) is 82.0 cm³/mol. The second-order valence-electron chi connectivity index (χ2n) is 6.66. The van der Waals surface area contributed by atoms with Crippen molar-refractivity contribution in [2.45, 2.75) is 77.2 Å². The molecule has 1 N–H and O–H groups in total. The second-order valence-corrected chi connectivity index (χ2v) is 6.66. The number of hydrogen-bond donors (Lipinski definition) is 1. The summed E-state index contributed by atoms with van der Waals surface area (Å²) in [4.78, 5) is 9.96. The molecule has 1 aromatic rings. The van der Waals surface area contributed by atoms with Crippen LogP contribution in [0.15, 0.2) is 0 Å². The van der Waals surface area contributed by atoms with E-state index >= 15 is 0 Å². The Labute approximate surface area is 122 Å². The van der Waals surface area contributed by atoms with Crippen LogP contribution in [0, 0.1) is 0 Å². The van der Waals surface area contributed by atoms with Gasteiger partial charge in [-0.15, -0.1) is 0 Å². The molecular weight excluding hydrogens is 246 g/mol. The molecule has 110 valence electrons. The summed E-state index contributed by atoms with van der Waals surface area (Å²) in [5, 5.41) is 3.46. The molecule has 1 saturated carbocycles. The van der Waals surface area contributed by atoms with Gasteiger partial charge in [0.05, 0.1) is 11.4 Å². The van der Waals surface area contributed by atoms with Crippen molar-refractivity contribution in [2.75, 3.05) is 6.54 Å². The monoisotopic (exact) mass is 273 g/mol. The SMILES string of the molecule is CC(C)c1nc(C2CCCCCC2)nc2c1CCNC2. The van der Waals surface area contributed by atoms with Crippen molar-refractivity contribution in [1.29, 1.82) is 0 Å². The van der Waals surface area contributed by atoms with Crippen molar-refractivity contribution in [3.8, 4) is 0 Å². The van der Waals surface area contributed by atoms with E-state index in [4.69, 9.17) is 9.97 Å². The van der Waals surface area contributed by atoms with E-state index < -0.39 is 0 Å². The molecule has 3 nitrogen and oxygen atoms in total. The third-order valence-corrected chi connectivity index (χ3v) is 4.75. The lowest BCUT2D eigenvalue weighted by molar-refractivity contribution is 0.534. The molecule has 0 unspecified atom stereocenters. The van der Waals surface area contributed by atoms with Gasteiger partial charge in [-0.3, -0.25) is 0 Å². The molecule has 3 heteroatoms. The van der Waals surface area contributed by atoms with Crippen molar-refractivity contribution in [1.82, 2.24) is 15.3 Å². The van der Waals surface area contributed by atoms with E-state index in [1.54, 1.807) is 0 Å². The van der Waals surface area contributed by atoms with Gasteiger partial charge in [-0.1, -0.05) is 39.5 Å². The molecule has 0 bridgehead atoms. The Balaban J connectivity index is 1.96. The highest BCUT2D eigenvalue weighted by Crippen LogP contribution is 2.32. The normalized spacial score (nSPS) is 20.8. The van der Waals surface area contributed by atoms with E-state index in [9.17, 15) is 0 Å². The van der Waals surface area contributed by atoms with Crippen LogP contribution >= 0.6 is 0 Å². The Morgan fingerprint density at radius 2 is 1.80 bits per heavy atom. The Bertz CT molecular complexity index is 460. The van der Waals surface area contributed by atoms with E-state index in [1.807, 2.05) is 0 Å². The highest BCUT2D eigenvalue weighted by Gasteiger charge is 2.23. The second kappa shape index (κ2) is 6.21. The molecule has 2 heterocycles. The quantitative estimate of drug-likeness (QED) is 0.835. The number of nitrogens with one attached hydrogen (secondary N) is 1. The van der Waals surface area contributed by atoms with Gasteiger partial charge in [0.15, 0.2) is 0 Å². The number of fused-ring (bicyclic) bond motifs is 1. The maximum atomic E-state index is 5.01. The Kier molecular flexibility index (Phi) is 4.35. The molecule has 0 atom stereocenters. The Hall–Kier alpha value is -0.960. The Morgan fingerprint density at radius 3 is 2.50 bits per heavy atom.